The second-order valence-electron chi connectivity index (χ2n) is 8.99. The Labute approximate surface area is 230 Å². The van der Waals surface area contributed by atoms with Crippen LogP contribution in [-0.4, -0.2) is 56.0 Å². The molecule has 0 bridgehead atoms. The fraction of sp³-hybridized carbons (Fsp3) is 0.115. The maximum absolute atomic E-state index is 12.8. The summed E-state index contributed by atoms with van der Waals surface area (Å²) >= 11 is 0. The highest BCUT2D eigenvalue weighted by atomic mass is 32.2. The molecule has 40 heavy (non-hydrogen) atoms. The Balaban J connectivity index is 1.91. The predicted molar refractivity (Wildman–Crippen MR) is 148 cm³/mol. The maximum Gasteiger partial charge on any atom is 0.296 e. The Hall–Kier alpha value is -4.21. The topological polar surface area (TPSA) is 186 Å². The van der Waals surface area contributed by atoms with Crippen molar-refractivity contribution >= 4 is 54.0 Å². The summed E-state index contributed by atoms with van der Waals surface area (Å²) in [6, 6.07) is 17.6. The molecule has 0 unspecified atom stereocenters. The lowest BCUT2D eigenvalue weighted by atomic mass is 10.1. The second-order valence-corrected chi connectivity index (χ2v) is 11.8. The van der Waals surface area contributed by atoms with Gasteiger partial charge >= 0.3 is 0 Å². The zero-order valence-corrected chi connectivity index (χ0v) is 22.8. The molecule has 0 saturated carbocycles. The summed E-state index contributed by atoms with van der Waals surface area (Å²) in [5, 5.41) is 21.6. The molecular weight excluding hydrogens is 560 g/mol. The summed E-state index contributed by atoms with van der Waals surface area (Å²) in [5.41, 5.74) is -0.0309. The monoisotopic (exact) mass is 584 g/mol. The molecule has 0 aromatic heterocycles. The molecule has 14 heteroatoms. The van der Waals surface area contributed by atoms with Crippen molar-refractivity contribution in [3.63, 3.8) is 0 Å². The van der Waals surface area contributed by atoms with Crippen LogP contribution >= 0.6 is 0 Å². The van der Waals surface area contributed by atoms with E-state index in [1.54, 1.807) is 49.3 Å². The molecule has 0 radical (unpaired) electrons. The molecule has 0 aliphatic heterocycles. The Bertz CT molecular complexity index is 1860. The van der Waals surface area contributed by atoms with Crippen molar-refractivity contribution < 1.29 is 35.8 Å². The minimum absolute atomic E-state index is 0.00973. The van der Waals surface area contributed by atoms with E-state index in [9.17, 15) is 35.8 Å². The van der Waals surface area contributed by atoms with Crippen LogP contribution in [0.15, 0.2) is 92.8 Å². The fourth-order valence-corrected chi connectivity index (χ4v) is 5.27. The van der Waals surface area contributed by atoms with Crippen molar-refractivity contribution in [2.45, 2.75) is 16.3 Å². The standard InChI is InChI=1S/C26H24N4O8S2/c1-30(2)15-16-11-12-21(39(33,34)35)20(13-16)28-29-24-22(40(36,37)38)14-18-9-6-10-19(23(18)25(24)31)27-26(32)17-7-4-3-5-8-17/h3-14,31H,15H2,1-2H3,(H,27,32)(H,33,34,35)(H,36,37,38). The molecule has 0 fully saturated rings. The number of rotatable bonds is 8. The minimum Gasteiger partial charge on any atom is -0.505 e. The number of amides is 1. The van der Waals surface area contributed by atoms with Crippen LogP contribution in [0.3, 0.4) is 0 Å². The Morgan fingerprint density at radius 2 is 1.52 bits per heavy atom. The van der Waals surface area contributed by atoms with Crippen molar-refractivity contribution in [3.05, 3.63) is 83.9 Å². The third-order valence-electron chi connectivity index (χ3n) is 5.70. The summed E-state index contributed by atoms with van der Waals surface area (Å²) in [7, 11) is -6.18. The van der Waals surface area contributed by atoms with Crippen molar-refractivity contribution in [2.75, 3.05) is 19.4 Å². The van der Waals surface area contributed by atoms with Crippen molar-refractivity contribution in [1.82, 2.24) is 4.90 Å². The average Bonchev–Trinajstić information content (AvgIpc) is 2.87. The number of hydrogen-bond acceptors (Lipinski definition) is 9. The van der Waals surface area contributed by atoms with Crippen molar-refractivity contribution in [3.8, 4) is 5.75 Å². The lowest BCUT2D eigenvalue weighted by molar-refractivity contribution is 0.102. The third-order valence-corrected chi connectivity index (χ3v) is 7.47. The molecular formula is C26H24N4O8S2. The van der Waals surface area contributed by atoms with Gasteiger partial charge in [0.25, 0.3) is 26.1 Å². The van der Waals surface area contributed by atoms with Gasteiger partial charge in [-0.25, -0.2) is 0 Å². The van der Waals surface area contributed by atoms with Gasteiger partial charge in [0.2, 0.25) is 0 Å². The van der Waals surface area contributed by atoms with Gasteiger partial charge in [-0.05, 0) is 61.4 Å². The largest absolute Gasteiger partial charge is 0.505 e. The van der Waals surface area contributed by atoms with Crippen molar-refractivity contribution in [2.24, 2.45) is 10.2 Å². The quantitative estimate of drug-likeness (QED) is 0.167. The van der Waals surface area contributed by atoms with Gasteiger partial charge in [-0.1, -0.05) is 36.4 Å². The van der Waals surface area contributed by atoms with Gasteiger partial charge in [-0.15, -0.1) is 10.2 Å². The summed E-state index contributed by atoms with van der Waals surface area (Å²) in [6.45, 7) is 0.371. The Kier molecular flexibility index (Phi) is 8.00. The van der Waals surface area contributed by atoms with Gasteiger partial charge in [0.15, 0.2) is 5.75 Å². The molecule has 208 valence electrons. The molecule has 4 aromatic rings. The normalized spacial score (nSPS) is 12.3. The molecule has 1 amide bonds. The summed E-state index contributed by atoms with van der Waals surface area (Å²) in [6.07, 6.45) is 0. The van der Waals surface area contributed by atoms with E-state index in [0.717, 1.165) is 12.1 Å². The lowest BCUT2D eigenvalue weighted by Crippen LogP contribution is -2.12. The fourth-order valence-electron chi connectivity index (χ4n) is 4.01. The number of fused-ring (bicyclic) bond motifs is 1. The van der Waals surface area contributed by atoms with E-state index >= 15 is 0 Å². The molecule has 4 N–H and O–H groups in total. The minimum atomic E-state index is -4.97. The first-order valence-corrected chi connectivity index (χ1v) is 14.4. The van der Waals surface area contributed by atoms with E-state index in [1.807, 2.05) is 0 Å². The first kappa shape index (κ1) is 28.8. The number of carbonyl (C=O) groups excluding carboxylic acids is 1. The molecule has 0 saturated heterocycles. The summed E-state index contributed by atoms with van der Waals surface area (Å²) < 4.78 is 67.9. The van der Waals surface area contributed by atoms with Crippen LogP contribution in [0.25, 0.3) is 10.8 Å². The highest BCUT2D eigenvalue weighted by Gasteiger charge is 2.24. The maximum atomic E-state index is 12.8. The van der Waals surface area contributed by atoms with Gasteiger partial charge in [-0.2, -0.15) is 16.8 Å². The molecule has 0 heterocycles. The van der Waals surface area contributed by atoms with Crippen LogP contribution in [0.1, 0.15) is 15.9 Å². The van der Waals surface area contributed by atoms with Gasteiger partial charge in [0, 0.05) is 17.5 Å². The number of aromatic hydroxyl groups is 1. The van der Waals surface area contributed by atoms with E-state index < -0.39 is 47.4 Å². The average molecular weight is 585 g/mol. The number of carbonyl (C=O) groups is 1. The number of nitrogens with one attached hydrogen (secondary N) is 1. The third kappa shape index (κ3) is 6.32. The molecule has 0 spiro atoms. The number of phenols is 1. The molecule has 12 nitrogen and oxygen atoms in total. The van der Waals surface area contributed by atoms with E-state index in [0.29, 0.717) is 17.7 Å². The molecule has 4 aromatic carbocycles. The highest BCUT2D eigenvalue weighted by molar-refractivity contribution is 7.86. The molecule has 0 atom stereocenters. The van der Waals surface area contributed by atoms with Gasteiger partial charge < -0.3 is 15.3 Å². The smallest absolute Gasteiger partial charge is 0.296 e. The number of phenolic OH excluding ortho intramolecular Hbond substituents is 1. The van der Waals surface area contributed by atoms with E-state index in [2.05, 4.69) is 15.5 Å². The Morgan fingerprint density at radius 1 is 0.850 bits per heavy atom. The zero-order chi connectivity index (χ0) is 29.2. The SMILES string of the molecule is CN(C)Cc1ccc(S(=O)(=O)O)c(N=Nc2c(S(=O)(=O)O)cc3cccc(NC(=O)c4ccccc4)c3c2O)c1. The predicted octanol–water partition coefficient (Wildman–Crippen LogP) is 4.77. The first-order valence-electron chi connectivity index (χ1n) is 11.5. The van der Waals surface area contributed by atoms with Crippen LogP contribution in [0.2, 0.25) is 0 Å². The number of hydrogen-bond donors (Lipinski definition) is 4. The van der Waals surface area contributed by atoms with E-state index in [-0.39, 0.29) is 22.1 Å². The number of benzene rings is 4. The molecule has 0 aliphatic rings. The van der Waals surface area contributed by atoms with Crippen molar-refractivity contribution in [1.29, 1.82) is 0 Å². The molecule has 4 rings (SSSR count). The van der Waals surface area contributed by atoms with E-state index in [4.69, 9.17) is 0 Å². The highest BCUT2D eigenvalue weighted by Crippen LogP contribution is 2.44. The van der Waals surface area contributed by atoms with Crippen LogP contribution in [0.4, 0.5) is 17.1 Å². The molecule has 0 aliphatic carbocycles. The lowest BCUT2D eigenvalue weighted by Gasteiger charge is -2.14. The number of nitrogens with zero attached hydrogens (tertiary/aromatic N) is 3. The zero-order valence-electron chi connectivity index (χ0n) is 21.2. The van der Waals surface area contributed by atoms with Crippen LogP contribution < -0.4 is 5.32 Å². The van der Waals surface area contributed by atoms with Gasteiger partial charge in [-0.3, -0.25) is 13.9 Å². The van der Waals surface area contributed by atoms with Crippen LogP contribution in [0.5, 0.6) is 5.75 Å². The van der Waals surface area contributed by atoms with Gasteiger partial charge in [0.1, 0.15) is 21.2 Å². The summed E-state index contributed by atoms with van der Waals surface area (Å²) in [5.74, 6) is -1.26. The summed E-state index contributed by atoms with van der Waals surface area (Å²) in [4.78, 5) is 13.1. The second kappa shape index (κ2) is 11.1. The van der Waals surface area contributed by atoms with Gasteiger partial charge in [0.05, 0.1) is 5.69 Å². The first-order chi connectivity index (χ1) is 18.8. The number of anilines is 1. The Morgan fingerprint density at radius 3 is 2.15 bits per heavy atom. The number of azo groups is 1. The van der Waals surface area contributed by atoms with Crippen LogP contribution in [0, 0.1) is 0 Å². The van der Waals surface area contributed by atoms with E-state index in [1.165, 1.54) is 30.3 Å². The van der Waals surface area contributed by atoms with Crippen LogP contribution in [-0.2, 0) is 26.8 Å².